The SMILES string of the molecule is NCCCC(=O)N1CCCCc2ccccc21. The summed E-state index contributed by atoms with van der Waals surface area (Å²) in [5, 5.41) is 0. The van der Waals surface area contributed by atoms with Crippen molar-refractivity contribution in [3.63, 3.8) is 0 Å². The molecule has 1 aliphatic heterocycles. The van der Waals surface area contributed by atoms with Gasteiger partial charge in [0, 0.05) is 18.7 Å². The van der Waals surface area contributed by atoms with Gasteiger partial charge in [0.25, 0.3) is 0 Å². The fourth-order valence-corrected chi connectivity index (χ4v) is 2.34. The molecule has 3 heteroatoms. The summed E-state index contributed by atoms with van der Waals surface area (Å²) in [6.45, 7) is 1.43. The predicted molar refractivity (Wildman–Crippen MR) is 70.0 cm³/mol. The summed E-state index contributed by atoms with van der Waals surface area (Å²) in [5.74, 6) is 0.213. The zero-order chi connectivity index (χ0) is 12.1. The summed E-state index contributed by atoms with van der Waals surface area (Å²) in [6, 6.07) is 8.24. The molecule has 1 aliphatic rings. The van der Waals surface area contributed by atoms with Crippen LogP contribution in [0, 0.1) is 0 Å². The minimum absolute atomic E-state index is 0.213. The Morgan fingerprint density at radius 2 is 2.12 bits per heavy atom. The summed E-state index contributed by atoms with van der Waals surface area (Å²) in [6.07, 6.45) is 4.67. The maximum Gasteiger partial charge on any atom is 0.227 e. The molecule has 0 unspecified atom stereocenters. The second-order valence-electron chi connectivity index (χ2n) is 4.52. The molecule has 2 N–H and O–H groups in total. The Kier molecular flexibility index (Phi) is 4.15. The summed E-state index contributed by atoms with van der Waals surface area (Å²) in [7, 11) is 0. The Labute approximate surface area is 103 Å². The maximum absolute atomic E-state index is 12.1. The highest BCUT2D eigenvalue weighted by Gasteiger charge is 2.19. The molecule has 0 radical (unpaired) electrons. The van der Waals surface area contributed by atoms with Gasteiger partial charge < -0.3 is 10.6 Å². The molecule has 0 saturated carbocycles. The lowest BCUT2D eigenvalue weighted by molar-refractivity contribution is -0.118. The van der Waals surface area contributed by atoms with Crippen LogP contribution in [-0.2, 0) is 11.2 Å². The van der Waals surface area contributed by atoms with Gasteiger partial charge in [-0.2, -0.15) is 0 Å². The van der Waals surface area contributed by atoms with Crippen molar-refractivity contribution < 1.29 is 4.79 Å². The maximum atomic E-state index is 12.1. The number of carbonyl (C=O) groups is 1. The highest BCUT2D eigenvalue weighted by molar-refractivity contribution is 5.94. The van der Waals surface area contributed by atoms with Crippen LogP contribution in [-0.4, -0.2) is 19.0 Å². The third-order valence-electron chi connectivity index (χ3n) is 3.26. The molecule has 1 amide bonds. The Morgan fingerprint density at radius 3 is 2.94 bits per heavy atom. The first kappa shape index (κ1) is 12.1. The Morgan fingerprint density at radius 1 is 1.29 bits per heavy atom. The van der Waals surface area contributed by atoms with Gasteiger partial charge in [0.1, 0.15) is 0 Å². The van der Waals surface area contributed by atoms with Gasteiger partial charge in [-0.25, -0.2) is 0 Å². The Balaban J connectivity index is 2.19. The van der Waals surface area contributed by atoms with E-state index in [1.165, 1.54) is 5.56 Å². The molecule has 3 nitrogen and oxygen atoms in total. The lowest BCUT2D eigenvalue weighted by Gasteiger charge is -2.22. The number of para-hydroxylation sites is 1. The summed E-state index contributed by atoms with van der Waals surface area (Å²) in [5.41, 5.74) is 7.86. The lowest BCUT2D eigenvalue weighted by Crippen LogP contribution is -2.31. The second kappa shape index (κ2) is 5.82. The minimum Gasteiger partial charge on any atom is -0.330 e. The fraction of sp³-hybridized carbons (Fsp3) is 0.500. The van der Waals surface area contributed by atoms with Crippen LogP contribution in [0.2, 0.25) is 0 Å². The Hall–Kier alpha value is -1.35. The number of rotatable bonds is 3. The number of aryl methyl sites for hydroxylation is 1. The standard InChI is InChI=1S/C14H20N2O/c15-10-5-9-14(17)16-11-4-3-7-12-6-1-2-8-13(12)16/h1-2,6,8H,3-5,7,9-11,15H2. The van der Waals surface area contributed by atoms with E-state index in [-0.39, 0.29) is 5.91 Å². The van der Waals surface area contributed by atoms with E-state index in [9.17, 15) is 4.79 Å². The molecular weight excluding hydrogens is 212 g/mol. The number of nitrogens with two attached hydrogens (primary N) is 1. The number of amides is 1. The molecule has 17 heavy (non-hydrogen) atoms. The van der Waals surface area contributed by atoms with Gasteiger partial charge in [0.05, 0.1) is 0 Å². The molecule has 0 spiro atoms. The molecule has 0 aromatic heterocycles. The highest BCUT2D eigenvalue weighted by Crippen LogP contribution is 2.26. The van der Waals surface area contributed by atoms with E-state index in [1.807, 2.05) is 17.0 Å². The van der Waals surface area contributed by atoms with Gasteiger partial charge in [-0.1, -0.05) is 18.2 Å². The van der Waals surface area contributed by atoms with Gasteiger partial charge in [-0.05, 0) is 43.9 Å². The van der Waals surface area contributed by atoms with Crippen LogP contribution in [0.4, 0.5) is 5.69 Å². The average molecular weight is 232 g/mol. The van der Waals surface area contributed by atoms with E-state index in [4.69, 9.17) is 5.73 Å². The average Bonchev–Trinajstić information content (AvgIpc) is 2.58. The summed E-state index contributed by atoms with van der Waals surface area (Å²) >= 11 is 0. The summed E-state index contributed by atoms with van der Waals surface area (Å²) < 4.78 is 0. The molecular formula is C14H20N2O. The number of carbonyl (C=O) groups excluding carboxylic acids is 1. The van der Waals surface area contributed by atoms with Crippen molar-refractivity contribution >= 4 is 11.6 Å². The van der Waals surface area contributed by atoms with E-state index in [0.29, 0.717) is 13.0 Å². The quantitative estimate of drug-likeness (QED) is 0.867. The first-order valence-electron chi connectivity index (χ1n) is 6.41. The van der Waals surface area contributed by atoms with Crippen molar-refractivity contribution in [3.8, 4) is 0 Å². The number of anilines is 1. The molecule has 0 aliphatic carbocycles. The van der Waals surface area contributed by atoms with Gasteiger partial charge in [0.15, 0.2) is 0 Å². The van der Waals surface area contributed by atoms with Crippen LogP contribution in [0.3, 0.4) is 0 Å². The Bertz CT molecular complexity index is 390. The summed E-state index contributed by atoms with van der Waals surface area (Å²) in [4.78, 5) is 14.1. The number of fused-ring (bicyclic) bond motifs is 1. The monoisotopic (exact) mass is 232 g/mol. The van der Waals surface area contributed by atoms with E-state index in [1.54, 1.807) is 0 Å². The van der Waals surface area contributed by atoms with E-state index < -0.39 is 0 Å². The van der Waals surface area contributed by atoms with E-state index in [0.717, 1.165) is 37.9 Å². The number of benzene rings is 1. The smallest absolute Gasteiger partial charge is 0.227 e. The first-order chi connectivity index (χ1) is 8.33. The molecule has 92 valence electrons. The third kappa shape index (κ3) is 2.86. The van der Waals surface area contributed by atoms with Gasteiger partial charge in [-0.15, -0.1) is 0 Å². The molecule has 0 bridgehead atoms. The molecule has 1 aromatic rings. The van der Waals surface area contributed by atoms with Crippen molar-refractivity contribution in [1.82, 2.24) is 0 Å². The molecule has 1 heterocycles. The topological polar surface area (TPSA) is 46.3 Å². The van der Waals surface area contributed by atoms with Crippen molar-refractivity contribution in [3.05, 3.63) is 29.8 Å². The molecule has 0 saturated heterocycles. The van der Waals surface area contributed by atoms with Crippen LogP contribution in [0.1, 0.15) is 31.2 Å². The van der Waals surface area contributed by atoms with Crippen LogP contribution in [0.5, 0.6) is 0 Å². The van der Waals surface area contributed by atoms with E-state index in [2.05, 4.69) is 12.1 Å². The fourth-order valence-electron chi connectivity index (χ4n) is 2.34. The van der Waals surface area contributed by atoms with Gasteiger partial charge >= 0.3 is 0 Å². The van der Waals surface area contributed by atoms with Crippen molar-refractivity contribution in [2.75, 3.05) is 18.0 Å². The number of nitrogens with zero attached hydrogens (tertiary/aromatic N) is 1. The zero-order valence-electron chi connectivity index (χ0n) is 10.2. The normalized spacial score (nSPS) is 15.2. The van der Waals surface area contributed by atoms with Crippen LogP contribution >= 0.6 is 0 Å². The van der Waals surface area contributed by atoms with Gasteiger partial charge in [-0.3, -0.25) is 4.79 Å². The third-order valence-corrected chi connectivity index (χ3v) is 3.26. The van der Waals surface area contributed by atoms with Crippen LogP contribution < -0.4 is 10.6 Å². The number of hydrogen-bond acceptors (Lipinski definition) is 2. The van der Waals surface area contributed by atoms with E-state index >= 15 is 0 Å². The lowest BCUT2D eigenvalue weighted by atomic mass is 10.1. The first-order valence-corrected chi connectivity index (χ1v) is 6.41. The van der Waals surface area contributed by atoms with Crippen molar-refractivity contribution in [1.29, 1.82) is 0 Å². The van der Waals surface area contributed by atoms with Crippen LogP contribution in [0.15, 0.2) is 24.3 Å². The molecule has 2 rings (SSSR count). The zero-order valence-corrected chi connectivity index (χ0v) is 10.2. The molecule has 0 atom stereocenters. The van der Waals surface area contributed by atoms with Crippen molar-refractivity contribution in [2.24, 2.45) is 5.73 Å². The number of hydrogen-bond donors (Lipinski definition) is 1. The predicted octanol–water partition coefficient (Wildman–Crippen LogP) is 2.09. The van der Waals surface area contributed by atoms with Gasteiger partial charge in [0.2, 0.25) is 5.91 Å². The molecule has 1 aromatic carbocycles. The molecule has 0 fully saturated rings. The second-order valence-corrected chi connectivity index (χ2v) is 4.52. The van der Waals surface area contributed by atoms with Crippen molar-refractivity contribution in [2.45, 2.75) is 32.1 Å². The highest BCUT2D eigenvalue weighted by atomic mass is 16.2. The minimum atomic E-state index is 0.213. The largest absolute Gasteiger partial charge is 0.330 e. The van der Waals surface area contributed by atoms with Crippen LogP contribution in [0.25, 0.3) is 0 Å².